The van der Waals surface area contributed by atoms with Crippen molar-refractivity contribution in [2.45, 2.75) is 0 Å². The molecule has 0 bridgehead atoms. The van der Waals surface area contributed by atoms with Crippen LogP contribution in [0.5, 0.6) is 0 Å². The molecule has 1 nitrogen and oxygen atoms in total. The summed E-state index contributed by atoms with van der Waals surface area (Å²) in [6.45, 7) is 0. The molecule has 1 aromatic heterocycles. The summed E-state index contributed by atoms with van der Waals surface area (Å²) < 4.78 is 10.8. The lowest BCUT2D eigenvalue weighted by Crippen LogP contribution is -1.76. The Bertz CT molecular complexity index is 790. The van der Waals surface area contributed by atoms with Gasteiger partial charge in [0.1, 0.15) is 0 Å². The van der Waals surface area contributed by atoms with Crippen molar-refractivity contribution in [2.75, 3.05) is 0 Å². The van der Waals surface area contributed by atoms with Crippen molar-refractivity contribution in [2.24, 2.45) is 0 Å². The lowest BCUT2D eigenvalue weighted by Gasteiger charge is -2.01. The molecular weight excluding hydrogens is 560 g/mol. The van der Waals surface area contributed by atoms with Gasteiger partial charge in [-0.2, -0.15) is 0 Å². The SMILES string of the molecule is Brc1cc(Br)c2oc3c(Br)ccc(Br)c3c2c1Br. The fourth-order valence-corrected chi connectivity index (χ4v) is 4.53. The predicted molar refractivity (Wildman–Crippen MR) is 92.2 cm³/mol. The number of furan rings is 1. The van der Waals surface area contributed by atoms with Crippen LogP contribution in [0.15, 0.2) is 45.0 Å². The van der Waals surface area contributed by atoms with E-state index in [4.69, 9.17) is 4.42 Å². The maximum absolute atomic E-state index is 5.96. The molecule has 1 heterocycles. The number of benzene rings is 2. The first-order chi connectivity index (χ1) is 8.50. The van der Waals surface area contributed by atoms with Crippen LogP contribution in [0.2, 0.25) is 0 Å². The smallest absolute Gasteiger partial charge is 0.150 e. The molecule has 0 N–H and O–H groups in total. The van der Waals surface area contributed by atoms with Crippen LogP contribution < -0.4 is 0 Å². The van der Waals surface area contributed by atoms with Gasteiger partial charge in [-0.15, -0.1) is 0 Å². The highest BCUT2D eigenvalue weighted by Crippen LogP contribution is 2.45. The second-order valence-electron chi connectivity index (χ2n) is 3.69. The number of halogens is 5. The van der Waals surface area contributed by atoms with Gasteiger partial charge in [0.05, 0.1) is 8.95 Å². The van der Waals surface area contributed by atoms with Crippen LogP contribution in [0.25, 0.3) is 21.9 Å². The summed E-state index contributed by atoms with van der Waals surface area (Å²) in [4.78, 5) is 0. The van der Waals surface area contributed by atoms with Gasteiger partial charge in [0.25, 0.3) is 0 Å². The van der Waals surface area contributed by atoms with Gasteiger partial charge in [0, 0.05) is 24.2 Å². The normalized spacial score (nSPS) is 11.6. The van der Waals surface area contributed by atoms with E-state index in [1.54, 1.807) is 0 Å². The van der Waals surface area contributed by atoms with E-state index in [-0.39, 0.29) is 0 Å². The Morgan fingerprint density at radius 2 is 1.28 bits per heavy atom. The molecule has 0 fully saturated rings. The Hall–Kier alpha value is 0.640. The fourth-order valence-electron chi connectivity index (χ4n) is 1.87. The van der Waals surface area contributed by atoms with Gasteiger partial charge in [-0.25, -0.2) is 0 Å². The molecule has 0 aliphatic carbocycles. The average Bonchev–Trinajstić information content (AvgIpc) is 2.73. The Kier molecular flexibility index (Phi) is 3.69. The van der Waals surface area contributed by atoms with Gasteiger partial charge < -0.3 is 4.42 Å². The summed E-state index contributed by atoms with van der Waals surface area (Å²) in [5.41, 5.74) is 1.66. The van der Waals surface area contributed by atoms with Crippen molar-refractivity contribution in [3.8, 4) is 0 Å². The van der Waals surface area contributed by atoms with Crippen LogP contribution in [0.3, 0.4) is 0 Å². The molecule has 0 radical (unpaired) electrons. The molecule has 2 aromatic carbocycles. The van der Waals surface area contributed by atoms with Gasteiger partial charge in [0.2, 0.25) is 0 Å². The van der Waals surface area contributed by atoms with Crippen molar-refractivity contribution in [3.63, 3.8) is 0 Å². The number of fused-ring (bicyclic) bond motifs is 3. The second kappa shape index (κ2) is 4.88. The second-order valence-corrected chi connectivity index (χ2v) is 7.90. The first kappa shape index (κ1) is 13.6. The third-order valence-corrected chi connectivity index (χ3v) is 6.49. The molecule has 92 valence electrons. The van der Waals surface area contributed by atoms with Gasteiger partial charge in [-0.05, 0) is 81.9 Å². The van der Waals surface area contributed by atoms with Crippen LogP contribution in [-0.2, 0) is 0 Å². The maximum atomic E-state index is 5.96. The summed E-state index contributed by atoms with van der Waals surface area (Å²) in [5, 5.41) is 2.09. The van der Waals surface area contributed by atoms with Gasteiger partial charge in [-0.1, -0.05) is 15.9 Å². The fraction of sp³-hybridized carbons (Fsp3) is 0. The monoisotopic (exact) mass is 558 g/mol. The summed E-state index contributed by atoms with van der Waals surface area (Å²) in [6.07, 6.45) is 0. The topological polar surface area (TPSA) is 13.1 Å². The highest BCUT2D eigenvalue weighted by molar-refractivity contribution is 9.13. The summed E-state index contributed by atoms with van der Waals surface area (Å²) >= 11 is 17.8. The van der Waals surface area contributed by atoms with E-state index >= 15 is 0 Å². The first-order valence-electron chi connectivity index (χ1n) is 4.84. The minimum absolute atomic E-state index is 0.827. The van der Waals surface area contributed by atoms with E-state index in [1.165, 1.54) is 0 Å². The molecule has 3 rings (SSSR count). The molecule has 0 saturated heterocycles. The minimum atomic E-state index is 0.827. The Labute approximate surface area is 145 Å². The van der Waals surface area contributed by atoms with Crippen molar-refractivity contribution < 1.29 is 4.42 Å². The van der Waals surface area contributed by atoms with E-state index < -0.39 is 0 Å². The molecular formula is C12H3Br5O. The molecule has 0 amide bonds. The lowest BCUT2D eigenvalue weighted by atomic mass is 10.1. The zero-order valence-electron chi connectivity index (χ0n) is 8.53. The standard InChI is InChI=1S/C12H3Br5O/c13-4-1-2-5(14)11-8(4)9-10(17)6(15)3-7(16)12(9)18-11/h1-3H. The molecule has 0 spiro atoms. The number of hydrogen-bond acceptors (Lipinski definition) is 1. The molecule has 0 unspecified atom stereocenters. The maximum Gasteiger partial charge on any atom is 0.150 e. The third kappa shape index (κ3) is 1.95. The highest BCUT2D eigenvalue weighted by Gasteiger charge is 2.19. The van der Waals surface area contributed by atoms with Crippen LogP contribution in [0.4, 0.5) is 0 Å². The zero-order chi connectivity index (χ0) is 13.0. The molecule has 0 saturated carbocycles. The quantitative estimate of drug-likeness (QED) is 0.260. The van der Waals surface area contributed by atoms with Gasteiger partial charge in [-0.3, -0.25) is 0 Å². The zero-order valence-corrected chi connectivity index (χ0v) is 16.5. The van der Waals surface area contributed by atoms with Crippen molar-refractivity contribution in [1.29, 1.82) is 0 Å². The van der Waals surface area contributed by atoms with Crippen LogP contribution >= 0.6 is 79.6 Å². The molecule has 0 aliphatic heterocycles. The van der Waals surface area contributed by atoms with Crippen LogP contribution in [-0.4, -0.2) is 0 Å². The summed E-state index contributed by atoms with van der Waals surface area (Å²) in [5.74, 6) is 0. The molecule has 0 atom stereocenters. The van der Waals surface area contributed by atoms with E-state index in [0.717, 1.165) is 44.3 Å². The third-order valence-electron chi connectivity index (χ3n) is 2.64. The van der Waals surface area contributed by atoms with Crippen molar-refractivity contribution in [3.05, 3.63) is 40.6 Å². The van der Waals surface area contributed by atoms with Gasteiger partial charge >= 0.3 is 0 Å². The number of rotatable bonds is 0. The predicted octanol–water partition coefficient (Wildman–Crippen LogP) is 7.40. The Morgan fingerprint density at radius 1 is 0.667 bits per heavy atom. The molecule has 3 aromatic rings. The van der Waals surface area contributed by atoms with E-state index in [0.29, 0.717) is 0 Å². The van der Waals surface area contributed by atoms with E-state index in [9.17, 15) is 0 Å². The van der Waals surface area contributed by atoms with Gasteiger partial charge in [0.15, 0.2) is 11.2 Å². The lowest BCUT2D eigenvalue weighted by molar-refractivity contribution is 0.664. The largest absolute Gasteiger partial charge is 0.454 e. The molecule has 0 aliphatic rings. The molecule has 6 heteroatoms. The highest BCUT2D eigenvalue weighted by atomic mass is 79.9. The Morgan fingerprint density at radius 3 is 2.00 bits per heavy atom. The number of hydrogen-bond donors (Lipinski definition) is 0. The van der Waals surface area contributed by atoms with E-state index in [2.05, 4.69) is 79.6 Å². The van der Waals surface area contributed by atoms with Crippen molar-refractivity contribution in [1.82, 2.24) is 0 Å². The molecule has 18 heavy (non-hydrogen) atoms. The minimum Gasteiger partial charge on any atom is -0.454 e. The average molecular weight is 563 g/mol. The Balaban J connectivity index is 2.70. The summed E-state index contributed by atoms with van der Waals surface area (Å²) in [6, 6.07) is 5.94. The summed E-state index contributed by atoms with van der Waals surface area (Å²) in [7, 11) is 0. The first-order valence-corrected chi connectivity index (χ1v) is 8.81. The van der Waals surface area contributed by atoms with E-state index in [1.807, 2.05) is 18.2 Å². The van der Waals surface area contributed by atoms with Crippen LogP contribution in [0.1, 0.15) is 0 Å². The van der Waals surface area contributed by atoms with Crippen molar-refractivity contribution >= 4 is 102 Å². The van der Waals surface area contributed by atoms with Crippen LogP contribution in [0, 0.1) is 0 Å².